The second kappa shape index (κ2) is 51.4. The van der Waals surface area contributed by atoms with Crippen molar-refractivity contribution in [3.8, 4) is 0 Å². The second-order valence-corrected chi connectivity index (χ2v) is 15.6. The third kappa shape index (κ3) is 48.7. The molecule has 0 bridgehead atoms. The Morgan fingerprint density at radius 3 is 1.19 bits per heavy atom. The fourth-order valence-electron chi connectivity index (χ4n) is 6.06. The first-order valence-electron chi connectivity index (χ1n) is 24.7. The molecule has 0 N–H and O–H groups in total. The maximum Gasteiger partial charge on any atom is 0.306 e. The normalized spacial score (nSPS) is 13.4. The molecular formula is C57H90O5. The Labute approximate surface area is 381 Å². The first kappa shape index (κ1) is 58.0. The highest BCUT2D eigenvalue weighted by molar-refractivity contribution is 5.70. The van der Waals surface area contributed by atoms with Crippen LogP contribution in [0, 0.1) is 0 Å². The van der Waals surface area contributed by atoms with E-state index in [4.69, 9.17) is 14.2 Å². The van der Waals surface area contributed by atoms with Gasteiger partial charge in [0.1, 0.15) is 6.61 Å². The number of unbranched alkanes of at least 4 members (excludes halogenated alkanes) is 10. The Balaban J connectivity index is 4.52. The van der Waals surface area contributed by atoms with Gasteiger partial charge < -0.3 is 14.2 Å². The van der Waals surface area contributed by atoms with Crippen LogP contribution in [0.4, 0.5) is 0 Å². The molecule has 0 aliphatic rings. The van der Waals surface area contributed by atoms with Crippen LogP contribution in [0.15, 0.2) is 134 Å². The zero-order valence-corrected chi connectivity index (χ0v) is 39.8. The van der Waals surface area contributed by atoms with E-state index in [1.807, 2.05) is 0 Å². The van der Waals surface area contributed by atoms with Crippen LogP contribution in [0.5, 0.6) is 0 Å². The highest BCUT2D eigenvalue weighted by atomic mass is 16.6. The van der Waals surface area contributed by atoms with Gasteiger partial charge in [-0.1, -0.05) is 187 Å². The standard InChI is InChI=1S/C57H90O5/c1-4-7-10-13-16-19-22-25-28-31-34-37-40-43-46-49-52-60-53-55(62-57(59)51-48-45-42-39-36-33-30-27-24-21-18-15-12-9-6-3)54-61-56(58)50-47-44-41-38-35-32-29-26-23-20-17-14-11-8-5-2/h7-8,10-11,16-21,25-30,34-35,37-38,43,46,55H,4-6,9,12-15,22-24,31-33,36,39-42,44-45,47-54H2,1-3H3/b10-7-,11-8-,19-16-,20-17-,21-18-,28-25-,29-26-,30-27-,37-34-,38-35-,46-43-. The van der Waals surface area contributed by atoms with E-state index in [0.29, 0.717) is 19.4 Å². The molecule has 0 aromatic carbocycles. The summed E-state index contributed by atoms with van der Waals surface area (Å²) < 4.78 is 17.2. The van der Waals surface area contributed by atoms with Crippen molar-refractivity contribution in [2.24, 2.45) is 0 Å². The van der Waals surface area contributed by atoms with Crippen LogP contribution in [-0.4, -0.2) is 37.9 Å². The molecule has 0 amide bonds. The molecule has 0 radical (unpaired) electrons. The van der Waals surface area contributed by atoms with Gasteiger partial charge in [0, 0.05) is 12.8 Å². The van der Waals surface area contributed by atoms with Gasteiger partial charge in [-0.05, 0) is 122 Å². The molecule has 0 saturated heterocycles. The zero-order valence-electron chi connectivity index (χ0n) is 39.8. The average Bonchev–Trinajstić information content (AvgIpc) is 3.27. The van der Waals surface area contributed by atoms with E-state index in [-0.39, 0.29) is 25.2 Å². The number of esters is 2. The van der Waals surface area contributed by atoms with Crippen LogP contribution in [-0.2, 0) is 23.8 Å². The smallest absolute Gasteiger partial charge is 0.306 e. The molecule has 0 aromatic rings. The van der Waals surface area contributed by atoms with E-state index in [0.717, 1.165) is 116 Å². The molecule has 1 atom stereocenters. The van der Waals surface area contributed by atoms with Gasteiger partial charge in [0.15, 0.2) is 6.10 Å². The first-order valence-corrected chi connectivity index (χ1v) is 24.7. The number of hydrogen-bond acceptors (Lipinski definition) is 5. The molecule has 0 aliphatic carbocycles. The van der Waals surface area contributed by atoms with Crippen molar-refractivity contribution in [3.05, 3.63) is 134 Å². The fraction of sp³-hybridized carbons (Fsp3) is 0.579. The summed E-state index contributed by atoms with van der Waals surface area (Å²) >= 11 is 0. The lowest BCUT2D eigenvalue weighted by atomic mass is 10.1. The molecule has 5 nitrogen and oxygen atoms in total. The van der Waals surface area contributed by atoms with Gasteiger partial charge in [-0.15, -0.1) is 0 Å². The lowest BCUT2D eigenvalue weighted by Gasteiger charge is -2.18. The van der Waals surface area contributed by atoms with E-state index >= 15 is 0 Å². The average molecular weight is 855 g/mol. The minimum atomic E-state index is -0.609. The molecule has 0 aromatic heterocycles. The van der Waals surface area contributed by atoms with E-state index in [1.165, 1.54) is 38.5 Å². The SMILES string of the molecule is CC/C=C\C/C=C\C/C=C\C/C=C\C/C=C\CCOCC(COC(=O)CCCC/C=C\C/C=C\C/C=C\C/C=C\CC)OC(=O)CCCCCCC/C=C\C/C=C\CCCCC. The summed E-state index contributed by atoms with van der Waals surface area (Å²) in [5.74, 6) is -0.514. The summed E-state index contributed by atoms with van der Waals surface area (Å²) in [5, 5.41) is 0. The van der Waals surface area contributed by atoms with E-state index in [2.05, 4.69) is 154 Å². The third-order valence-corrected chi connectivity index (χ3v) is 9.67. The fourth-order valence-corrected chi connectivity index (χ4v) is 6.06. The molecule has 348 valence electrons. The second-order valence-electron chi connectivity index (χ2n) is 15.6. The third-order valence-electron chi connectivity index (χ3n) is 9.67. The Morgan fingerprint density at radius 1 is 0.371 bits per heavy atom. The summed E-state index contributed by atoms with van der Waals surface area (Å²) in [5.41, 5.74) is 0. The van der Waals surface area contributed by atoms with Crippen LogP contribution >= 0.6 is 0 Å². The summed E-state index contributed by atoms with van der Waals surface area (Å²) in [6.07, 6.45) is 73.3. The molecule has 0 spiro atoms. The Hall–Kier alpha value is -3.96. The number of ether oxygens (including phenoxy) is 3. The minimum absolute atomic E-state index is 0.0191. The minimum Gasteiger partial charge on any atom is -0.462 e. The predicted molar refractivity (Wildman–Crippen MR) is 269 cm³/mol. The first-order chi connectivity index (χ1) is 30.6. The molecule has 0 heterocycles. The van der Waals surface area contributed by atoms with Crippen LogP contribution < -0.4 is 0 Å². The molecule has 0 rings (SSSR count). The van der Waals surface area contributed by atoms with Crippen LogP contribution in [0.1, 0.15) is 188 Å². The molecular weight excluding hydrogens is 765 g/mol. The van der Waals surface area contributed by atoms with Crippen molar-refractivity contribution in [3.63, 3.8) is 0 Å². The van der Waals surface area contributed by atoms with Gasteiger partial charge in [0.25, 0.3) is 0 Å². The highest BCUT2D eigenvalue weighted by Crippen LogP contribution is 2.11. The lowest BCUT2D eigenvalue weighted by molar-refractivity contribution is -0.162. The van der Waals surface area contributed by atoms with Gasteiger partial charge in [0.05, 0.1) is 13.2 Å². The summed E-state index contributed by atoms with van der Waals surface area (Å²) in [4.78, 5) is 25.3. The van der Waals surface area contributed by atoms with Crippen molar-refractivity contribution in [1.82, 2.24) is 0 Å². The Morgan fingerprint density at radius 2 is 0.726 bits per heavy atom. The zero-order chi connectivity index (χ0) is 44.9. The van der Waals surface area contributed by atoms with Crippen LogP contribution in [0.2, 0.25) is 0 Å². The molecule has 0 saturated carbocycles. The van der Waals surface area contributed by atoms with E-state index in [9.17, 15) is 9.59 Å². The van der Waals surface area contributed by atoms with E-state index in [1.54, 1.807) is 0 Å². The molecule has 0 fully saturated rings. The van der Waals surface area contributed by atoms with Crippen molar-refractivity contribution < 1.29 is 23.8 Å². The number of rotatable bonds is 43. The van der Waals surface area contributed by atoms with Gasteiger partial charge >= 0.3 is 11.9 Å². The number of hydrogen-bond donors (Lipinski definition) is 0. The van der Waals surface area contributed by atoms with Gasteiger partial charge in [-0.2, -0.15) is 0 Å². The molecule has 1 unspecified atom stereocenters. The van der Waals surface area contributed by atoms with Crippen molar-refractivity contribution in [2.75, 3.05) is 19.8 Å². The quantitative estimate of drug-likeness (QED) is 0.0347. The summed E-state index contributed by atoms with van der Waals surface area (Å²) in [6.45, 7) is 7.28. The summed E-state index contributed by atoms with van der Waals surface area (Å²) in [6, 6.07) is 0. The largest absolute Gasteiger partial charge is 0.462 e. The van der Waals surface area contributed by atoms with Crippen molar-refractivity contribution in [1.29, 1.82) is 0 Å². The van der Waals surface area contributed by atoms with Crippen molar-refractivity contribution in [2.45, 2.75) is 194 Å². The molecule has 5 heteroatoms. The Bertz CT molecular complexity index is 1330. The number of allylic oxidation sites excluding steroid dienone is 21. The van der Waals surface area contributed by atoms with Crippen LogP contribution in [0.3, 0.4) is 0 Å². The van der Waals surface area contributed by atoms with E-state index < -0.39 is 6.10 Å². The maximum atomic E-state index is 12.8. The Kier molecular flexibility index (Phi) is 48.1. The maximum absolute atomic E-state index is 12.8. The number of carbonyl (C=O) groups is 2. The van der Waals surface area contributed by atoms with Gasteiger partial charge in [-0.3, -0.25) is 9.59 Å². The van der Waals surface area contributed by atoms with Crippen LogP contribution in [0.25, 0.3) is 0 Å². The van der Waals surface area contributed by atoms with Gasteiger partial charge in [-0.25, -0.2) is 0 Å². The lowest BCUT2D eigenvalue weighted by Crippen LogP contribution is -2.30. The summed E-state index contributed by atoms with van der Waals surface area (Å²) in [7, 11) is 0. The highest BCUT2D eigenvalue weighted by Gasteiger charge is 2.17. The monoisotopic (exact) mass is 855 g/mol. The topological polar surface area (TPSA) is 61.8 Å². The molecule has 62 heavy (non-hydrogen) atoms. The van der Waals surface area contributed by atoms with Crippen molar-refractivity contribution >= 4 is 11.9 Å². The predicted octanol–water partition coefficient (Wildman–Crippen LogP) is 16.8. The number of carbonyl (C=O) groups excluding carboxylic acids is 2. The van der Waals surface area contributed by atoms with Gasteiger partial charge in [0.2, 0.25) is 0 Å². The molecule has 0 aliphatic heterocycles.